The second-order valence-electron chi connectivity index (χ2n) is 3.85. The first-order chi connectivity index (χ1) is 9.34. The molecule has 1 rings (SSSR count). The second-order valence-corrected chi connectivity index (χ2v) is 3.85. The lowest BCUT2D eigenvalue weighted by atomic mass is 10.0. The molecule has 1 aromatic rings. The number of nitro groups is 1. The largest absolute Gasteiger partial charge is 0.418 e. The number of rotatable bonds is 2. The average Bonchev–Trinajstić information content (AvgIpc) is 2.24. The molecule has 0 spiro atoms. The minimum absolute atomic E-state index is 0.0689. The number of carbonyl (C=O) groups is 1. The van der Waals surface area contributed by atoms with Crippen molar-refractivity contribution in [3.05, 3.63) is 33.4 Å². The molecule has 0 saturated carbocycles. The Bertz CT molecular complexity index is 558. The monoisotopic (exact) mass is 316 g/mol. The number of alkyl halides is 6. The normalized spacial score (nSPS) is 12.1. The Morgan fingerprint density at radius 1 is 1.10 bits per heavy atom. The third-order valence-corrected chi connectivity index (χ3v) is 2.25. The standard InChI is InChI=1S/C10H6F6N2O3/c1-4(19)17-8-6(9(11,12)13)2-5(18(20)21)3-7(8)10(14,15)16/h2-3H,1H3,(H,17,19). The highest BCUT2D eigenvalue weighted by Crippen LogP contribution is 2.44. The highest BCUT2D eigenvalue weighted by molar-refractivity contribution is 5.91. The van der Waals surface area contributed by atoms with Crippen molar-refractivity contribution in [3.8, 4) is 0 Å². The van der Waals surface area contributed by atoms with E-state index in [1.807, 2.05) is 0 Å². The van der Waals surface area contributed by atoms with Gasteiger partial charge >= 0.3 is 12.4 Å². The van der Waals surface area contributed by atoms with Crippen molar-refractivity contribution in [3.63, 3.8) is 0 Å². The van der Waals surface area contributed by atoms with Crippen molar-refractivity contribution >= 4 is 17.3 Å². The van der Waals surface area contributed by atoms with E-state index in [9.17, 15) is 41.3 Å². The summed E-state index contributed by atoms with van der Waals surface area (Å²) in [7, 11) is 0. The number of amides is 1. The SMILES string of the molecule is CC(=O)Nc1c(C(F)(F)F)cc([N+](=O)[O-])cc1C(F)(F)F. The molecule has 1 N–H and O–H groups in total. The molecule has 0 aliphatic rings. The zero-order valence-electron chi connectivity index (χ0n) is 10.1. The first-order valence-electron chi connectivity index (χ1n) is 5.08. The van der Waals surface area contributed by atoms with E-state index >= 15 is 0 Å². The maximum atomic E-state index is 12.8. The molecule has 0 atom stereocenters. The minimum Gasteiger partial charge on any atom is -0.325 e. The summed E-state index contributed by atoms with van der Waals surface area (Å²) >= 11 is 0. The molecule has 21 heavy (non-hydrogen) atoms. The topological polar surface area (TPSA) is 72.2 Å². The fourth-order valence-electron chi connectivity index (χ4n) is 1.49. The van der Waals surface area contributed by atoms with E-state index in [-0.39, 0.29) is 12.1 Å². The molecule has 11 heteroatoms. The molecule has 0 saturated heterocycles. The predicted molar refractivity (Wildman–Crippen MR) is 57.4 cm³/mol. The Labute approximate surface area is 112 Å². The Balaban J connectivity index is 3.77. The summed E-state index contributed by atoms with van der Waals surface area (Å²) in [6.07, 6.45) is -10.6. The van der Waals surface area contributed by atoms with Gasteiger partial charge in [0, 0.05) is 19.1 Å². The Kier molecular flexibility index (Phi) is 4.16. The van der Waals surface area contributed by atoms with Crippen LogP contribution in [0.4, 0.5) is 37.7 Å². The van der Waals surface area contributed by atoms with Gasteiger partial charge in [-0.2, -0.15) is 26.3 Å². The molecular weight excluding hydrogens is 310 g/mol. The van der Waals surface area contributed by atoms with Gasteiger partial charge in [0.05, 0.1) is 21.7 Å². The molecule has 1 amide bonds. The lowest BCUT2D eigenvalue weighted by Gasteiger charge is -2.18. The van der Waals surface area contributed by atoms with Gasteiger partial charge in [0.2, 0.25) is 5.91 Å². The van der Waals surface area contributed by atoms with Crippen LogP contribution < -0.4 is 5.32 Å². The summed E-state index contributed by atoms with van der Waals surface area (Å²) in [5, 5.41) is 11.9. The lowest BCUT2D eigenvalue weighted by Crippen LogP contribution is -2.20. The van der Waals surface area contributed by atoms with Gasteiger partial charge in [0.15, 0.2) is 0 Å². The number of hydrogen-bond acceptors (Lipinski definition) is 3. The number of non-ortho nitro benzene ring substituents is 1. The molecule has 0 radical (unpaired) electrons. The van der Waals surface area contributed by atoms with Crippen LogP contribution >= 0.6 is 0 Å². The van der Waals surface area contributed by atoms with Crippen molar-refractivity contribution in [1.82, 2.24) is 0 Å². The van der Waals surface area contributed by atoms with Crippen LogP contribution in [0.1, 0.15) is 18.1 Å². The van der Waals surface area contributed by atoms with Gasteiger partial charge in [-0.25, -0.2) is 0 Å². The molecule has 1 aromatic carbocycles. The highest BCUT2D eigenvalue weighted by atomic mass is 19.4. The van der Waals surface area contributed by atoms with Crippen LogP contribution in [0.5, 0.6) is 0 Å². The molecule has 0 bridgehead atoms. The van der Waals surface area contributed by atoms with Crippen LogP contribution in [0, 0.1) is 10.1 Å². The van der Waals surface area contributed by atoms with Crippen LogP contribution in [-0.2, 0) is 17.1 Å². The lowest BCUT2D eigenvalue weighted by molar-refractivity contribution is -0.385. The number of benzene rings is 1. The molecule has 0 aliphatic heterocycles. The maximum absolute atomic E-state index is 12.8. The van der Waals surface area contributed by atoms with Crippen molar-refractivity contribution < 1.29 is 36.1 Å². The molecule has 0 aliphatic carbocycles. The number of nitrogens with zero attached hydrogens (tertiary/aromatic N) is 1. The Morgan fingerprint density at radius 3 is 1.71 bits per heavy atom. The summed E-state index contributed by atoms with van der Waals surface area (Å²) in [5.74, 6) is -1.18. The first kappa shape index (κ1) is 16.7. The van der Waals surface area contributed by atoms with Crippen molar-refractivity contribution in [1.29, 1.82) is 0 Å². The summed E-state index contributed by atoms with van der Waals surface area (Å²) in [6, 6.07) is -0.138. The van der Waals surface area contributed by atoms with Gasteiger partial charge in [0.1, 0.15) is 0 Å². The van der Waals surface area contributed by atoms with E-state index < -0.39 is 45.7 Å². The quantitative estimate of drug-likeness (QED) is 0.515. The van der Waals surface area contributed by atoms with E-state index in [0.717, 1.165) is 0 Å². The van der Waals surface area contributed by atoms with Crippen molar-refractivity contribution in [2.45, 2.75) is 19.3 Å². The molecule has 116 valence electrons. The van der Waals surface area contributed by atoms with Gasteiger partial charge in [-0.3, -0.25) is 14.9 Å². The number of anilines is 1. The van der Waals surface area contributed by atoms with Crippen LogP contribution in [-0.4, -0.2) is 10.8 Å². The fraction of sp³-hybridized carbons (Fsp3) is 0.300. The maximum Gasteiger partial charge on any atom is 0.418 e. The highest BCUT2D eigenvalue weighted by Gasteiger charge is 2.43. The van der Waals surface area contributed by atoms with E-state index in [1.54, 1.807) is 0 Å². The summed E-state index contributed by atoms with van der Waals surface area (Å²) in [5.41, 5.74) is -6.84. The second kappa shape index (κ2) is 5.22. The van der Waals surface area contributed by atoms with Gasteiger partial charge in [-0.05, 0) is 0 Å². The average molecular weight is 316 g/mol. The number of carbonyl (C=O) groups excluding carboxylic acids is 1. The third-order valence-electron chi connectivity index (χ3n) is 2.25. The molecule has 0 aromatic heterocycles. The van der Waals surface area contributed by atoms with E-state index in [0.29, 0.717) is 6.92 Å². The van der Waals surface area contributed by atoms with E-state index in [2.05, 4.69) is 0 Å². The molecular formula is C10H6F6N2O3. The molecule has 0 heterocycles. The predicted octanol–water partition coefficient (Wildman–Crippen LogP) is 3.59. The van der Waals surface area contributed by atoms with E-state index in [1.165, 1.54) is 5.32 Å². The third kappa shape index (κ3) is 3.83. The van der Waals surface area contributed by atoms with Crippen LogP contribution in [0.3, 0.4) is 0 Å². The van der Waals surface area contributed by atoms with Crippen LogP contribution in [0.25, 0.3) is 0 Å². The van der Waals surface area contributed by atoms with Crippen molar-refractivity contribution in [2.75, 3.05) is 5.32 Å². The fourth-order valence-corrected chi connectivity index (χ4v) is 1.49. The van der Waals surface area contributed by atoms with Crippen LogP contribution in [0.2, 0.25) is 0 Å². The zero-order chi connectivity index (χ0) is 16.6. The van der Waals surface area contributed by atoms with Crippen LogP contribution in [0.15, 0.2) is 12.1 Å². The summed E-state index contributed by atoms with van der Waals surface area (Å²) < 4.78 is 76.6. The molecule has 0 unspecified atom stereocenters. The number of hydrogen-bond donors (Lipinski definition) is 1. The zero-order valence-corrected chi connectivity index (χ0v) is 10.1. The smallest absolute Gasteiger partial charge is 0.325 e. The number of nitrogens with one attached hydrogen (secondary N) is 1. The Hall–Kier alpha value is -2.33. The molecule has 5 nitrogen and oxygen atoms in total. The minimum atomic E-state index is -5.32. The number of nitro benzene ring substituents is 1. The summed E-state index contributed by atoms with van der Waals surface area (Å²) in [6.45, 7) is 0.710. The summed E-state index contributed by atoms with van der Waals surface area (Å²) in [4.78, 5) is 19.9. The van der Waals surface area contributed by atoms with Gasteiger partial charge in [-0.1, -0.05) is 0 Å². The van der Waals surface area contributed by atoms with Crippen molar-refractivity contribution in [2.24, 2.45) is 0 Å². The van der Waals surface area contributed by atoms with E-state index in [4.69, 9.17) is 0 Å². The molecule has 0 fully saturated rings. The number of halogens is 6. The van der Waals surface area contributed by atoms with Gasteiger partial charge in [-0.15, -0.1) is 0 Å². The van der Waals surface area contributed by atoms with Gasteiger partial charge in [0.25, 0.3) is 5.69 Å². The Morgan fingerprint density at radius 2 is 1.48 bits per heavy atom. The first-order valence-corrected chi connectivity index (χ1v) is 5.08. The van der Waals surface area contributed by atoms with Gasteiger partial charge < -0.3 is 5.32 Å².